The lowest BCUT2D eigenvalue weighted by atomic mass is 9.92. The van der Waals surface area contributed by atoms with Crippen molar-refractivity contribution in [2.24, 2.45) is 0 Å². The van der Waals surface area contributed by atoms with Gasteiger partial charge in [0.2, 0.25) is 0 Å². The van der Waals surface area contributed by atoms with Gasteiger partial charge in [-0.25, -0.2) is 0 Å². The van der Waals surface area contributed by atoms with Gasteiger partial charge in [0, 0.05) is 22.1 Å². The third-order valence-electron chi connectivity index (χ3n) is 4.39. The maximum atomic E-state index is 9.56. The molecule has 1 atom stereocenters. The Morgan fingerprint density at radius 2 is 1.79 bits per heavy atom. The molecule has 1 unspecified atom stereocenters. The van der Waals surface area contributed by atoms with E-state index in [1.54, 1.807) is 0 Å². The fraction of sp³-hybridized carbons (Fsp3) is 0.600. The van der Waals surface area contributed by atoms with Crippen LogP contribution in [0, 0.1) is 0 Å². The molecule has 1 saturated carbocycles. The first-order chi connectivity index (χ1) is 9.13. The molecule has 1 aromatic carbocycles. The van der Waals surface area contributed by atoms with E-state index in [1.807, 2.05) is 12.1 Å². The lowest BCUT2D eigenvalue weighted by molar-refractivity contribution is 0.114. The highest BCUT2D eigenvalue weighted by atomic mass is 35.5. The summed E-state index contributed by atoms with van der Waals surface area (Å²) in [5.74, 6) is 0. The van der Waals surface area contributed by atoms with Crippen LogP contribution < -0.4 is 5.32 Å². The summed E-state index contributed by atoms with van der Waals surface area (Å²) in [6, 6.07) is 4.76. The third-order valence-corrected chi connectivity index (χ3v) is 4.94. The van der Waals surface area contributed by atoms with Crippen LogP contribution in [-0.4, -0.2) is 17.3 Å². The van der Waals surface area contributed by atoms with E-state index in [9.17, 15) is 5.11 Å². The Hall–Kier alpha value is -0.280. The number of rotatable bonds is 2. The standard InChI is InChI=1S/C15H19Cl2NO/c16-9-7-13-12(14(17)8-9)5-6-15(13)18-10-1-3-11(19)4-2-10/h7-8,10-11,15,18-19H,1-6H2. The average molecular weight is 300 g/mol. The molecular formula is C15H19Cl2NO. The minimum atomic E-state index is -0.0993. The summed E-state index contributed by atoms with van der Waals surface area (Å²) in [7, 11) is 0. The molecule has 0 saturated heterocycles. The molecule has 1 fully saturated rings. The highest BCUT2D eigenvalue weighted by Gasteiger charge is 2.28. The largest absolute Gasteiger partial charge is 0.393 e. The van der Waals surface area contributed by atoms with E-state index in [2.05, 4.69) is 5.32 Å². The van der Waals surface area contributed by atoms with E-state index >= 15 is 0 Å². The molecular weight excluding hydrogens is 281 g/mol. The van der Waals surface area contributed by atoms with E-state index in [-0.39, 0.29) is 6.10 Å². The molecule has 2 aliphatic carbocycles. The minimum Gasteiger partial charge on any atom is -0.393 e. The Morgan fingerprint density at radius 1 is 1.05 bits per heavy atom. The third kappa shape index (κ3) is 2.92. The number of hydrogen-bond acceptors (Lipinski definition) is 2. The first-order valence-corrected chi connectivity index (χ1v) is 7.81. The predicted octanol–water partition coefficient (Wildman–Crippen LogP) is 3.87. The molecule has 0 aromatic heterocycles. The predicted molar refractivity (Wildman–Crippen MR) is 78.9 cm³/mol. The molecule has 2 nitrogen and oxygen atoms in total. The van der Waals surface area contributed by atoms with Gasteiger partial charge in [0.05, 0.1) is 6.10 Å². The van der Waals surface area contributed by atoms with Gasteiger partial charge in [-0.2, -0.15) is 0 Å². The van der Waals surface area contributed by atoms with Crippen molar-refractivity contribution in [3.63, 3.8) is 0 Å². The van der Waals surface area contributed by atoms with Crippen LogP contribution in [0.1, 0.15) is 49.3 Å². The van der Waals surface area contributed by atoms with E-state index in [0.29, 0.717) is 12.1 Å². The lowest BCUT2D eigenvalue weighted by Gasteiger charge is -2.29. The summed E-state index contributed by atoms with van der Waals surface area (Å²) in [4.78, 5) is 0. The number of benzene rings is 1. The SMILES string of the molecule is OC1CCC(NC2CCc3c(Cl)cc(Cl)cc32)CC1. The van der Waals surface area contributed by atoms with Gasteiger partial charge in [0.15, 0.2) is 0 Å². The molecule has 4 heteroatoms. The van der Waals surface area contributed by atoms with Crippen molar-refractivity contribution in [3.8, 4) is 0 Å². The molecule has 0 amide bonds. The molecule has 0 heterocycles. The Bertz CT molecular complexity index is 469. The van der Waals surface area contributed by atoms with Gasteiger partial charge >= 0.3 is 0 Å². The normalized spacial score (nSPS) is 30.4. The molecule has 2 N–H and O–H groups in total. The number of aliphatic hydroxyl groups excluding tert-OH is 1. The first kappa shape index (κ1) is 13.7. The summed E-state index contributed by atoms with van der Waals surface area (Å²) < 4.78 is 0. The number of halogens is 2. The van der Waals surface area contributed by atoms with E-state index in [4.69, 9.17) is 23.2 Å². The maximum Gasteiger partial charge on any atom is 0.0541 e. The average Bonchev–Trinajstić information content (AvgIpc) is 2.76. The topological polar surface area (TPSA) is 32.3 Å². The van der Waals surface area contributed by atoms with Crippen molar-refractivity contribution >= 4 is 23.2 Å². The summed E-state index contributed by atoms with van der Waals surface area (Å²) in [5.41, 5.74) is 2.52. The van der Waals surface area contributed by atoms with Gasteiger partial charge in [-0.05, 0) is 61.8 Å². The summed E-state index contributed by atoms with van der Waals surface area (Å²) >= 11 is 12.4. The van der Waals surface area contributed by atoms with Crippen LogP contribution >= 0.6 is 23.2 Å². The van der Waals surface area contributed by atoms with Crippen LogP contribution in [0.4, 0.5) is 0 Å². The highest BCUT2D eigenvalue weighted by Crippen LogP contribution is 2.38. The van der Waals surface area contributed by atoms with Crippen molar-refractivity contribution in [2.75, 3.05) is 0 Å². The van der Waals surface area contributed by atoms with Crippen LogP contribution in [0.5, 0.6) is 0 Å². The molecule has 0 spiro atoms. The van der Waals surface area contributed by atoms with Crippen LogP contribution in [-0.2, 0) is 6.42 Å². The molecule has 2 aliphatic rings. The van der Waals surface area contributed by atoms with Crippen molar-refractivity contribution in [3.05, 3.63) is 33.3 Å². The second-order valence-corrected chi connectivity index (χ2v) is 6.56. The Labute approximate surface area is 124 Å². The summed E-state index contributed by atoms with van der Waals surface area (Å²) in [6.07, 6.45) is 5.95. The Balaban J connectivity index is 1.72. The number of aliphatic hydroxyl groups is 1. The van der Waals surface area contributed by atoms with Gasteiger partial charge in [0.25, 0.3) is 0 Å². The van der Waals surface area contributed by atoms with Crippen LogP contribution in [0.15, 0.2) is 12.1 Å². The zero-order chi connectivity index (χ0) is 13.4. The van der Waals surface area contributed by atoms with Crippen molar-refractivity contribution in [1.82, 2.24) is 5.32 Å². The van der Waals surface area contributed by atoms with Gasteiger partial charge in [-0.3, -0.25) is 0 Å². The van der Waals surface area contributed by atoms with E-state index in [1.165, 1.54) is 11.1 Å². The van der Waals surface area contributed by atoms with Crippen LogP contribution in [0.3, 0.4) is 0 Å². The van der Waals surface area contributed by atoms with E-state index in [0.717, 1.165) is 48.6 Å². The quantitative estimate of drug-likeness (QED) is 0.869. The second-order valence-electron chi connectivity index (χ2n) is 5.72. The van der Waals surface area contributed by atoms with E-state index < -0.39 is 0 Å². The zero-order valence-electron chi connectivity index (χ0n) is 10.8. The van der Waals surface area contributed by atoms with Gasteiger partial charge in [0.1, 0.15) is 0 Å². The monoisotopic (exact) mass is 299 g/mol. The van der Waals surface area contributed by atoms with Crippen molar-refractivity contribution in [2.45, 2.75) is 56.7 Å². The molecule has 0 bridgehead atoms. The molecule has 0 aliphatic heterocycles. The van der Waals surface area contributed by atoms with Crippen molar-refractivity contribution in [1.29, 1.82) is 0 Å². The van der Waals surface area contributed by atoms with Gasteiger partial charge < -0.3 is 10.4 Å². The van der Waals surface area contributed by atoms with Crippen molar-refractivity contribution < 1.29 is 5.11 Å². The number of hydrogen-bond donors (Lipinski definition) is 2. The second kappa shape index (κ2) is 5.61. The van der Waals surface area contributed by atoms with Crippen LogP contribution in [0.25, 0.3) is 0 Å². The fourth-order valence-corrected chi connectivity index (χ4v) is 3.95. The number of nitrogens with one attached hydrogen (secondary N) is 1. The zero-order valence-corrected chi connectivity index (χ0v) is 12.3. The summed E-state index contributed by atoms with van der Waals surface area (Å²) in [6.45, 7) is 0. The van der Waals surface area contributed by atoms with Gasteiger partial charge in [-0.1, -0.05) is 23.2 Å². The molecule has 1 aromatic rings. The first-order valence-electron chi connectivity index (χ1n) is 7.05. The molecule has 0 radical (unpaired) electrons. The fourth-order valence-electron chi connectivity index (χ4n) is 3.34. The summed E-state index contributed by atoms with van der Waals surface area (Å²) in [5, 5.41) is 14.8. The number of fused-ring (bicyclic) bond motifs is 1. The molecule has 19 heavy (non-hydrogen) atoms. The lowest BCUT2D eigenvalue weighted by Crippen LogP contribution is -2.36. The highest BCUT2D eigenvalue weighted by molar-refractivity contribution is 6.35. The smallest absolute Gasteiger partial charge is 0.0541 e. The minimum absolute atomic E-state index is 0.0993. The Morgan fingerprint density at radius 3 is 2.53 bits per heavy atom. The van der Waals surface area contributed by atoms with Crippen LogP contribution in [0.2, 0.25) is 10.0 Å². The van der Waals surface area contributed by atoms with Gasteiger partial charge in [-0.15, -0.1) is 0 Å². The Kier molecular flexibility index (Phi) is 4.04. The molecule has 3 rings (SSSR count). The maximum absolute atomic E-state index is 9.56. The molecule has 104 valence electrons.